The van der Waals surface area contributed by atoms with Crippen LogP contribution in [-0.2, 0) is 14.6 Å². The van der Waals surface area contributed by atoms with Gasteiger partial charge in [0.1, 0.15) is 18.8 Å². The number of amides is 1. The van der Waals surface area contributed by atoms with E-state index in [1.54, 1.807) is 11.8 Å². The van der Waals surface area contributed by atoms with Gasteiger partial charge in [0.15, 0.2) is 21.5 Å². The van der Waals surface area contributed by atoms with Crippen molar-refractivity contribution in [2.24, 2.45) is 0 Å². The maximum Gasteiger partial charge on any atom is 0.409 e. The number of hydrogen-bond donors (Lipinski definition) is 1. The molecule has 0 saturated carbocycles. The molecule has 0 aliphatic carbocycles. The van der Waals surface area contributed by atoms with Crippen LogP contribution in [0.25, 0.3) is 0 Å². The van der Waals surface area contributed by atoms with Crippen LogP contribution in [-0.4, -0.2) is 74.5 Å². The summed E-state index contributed by atoms with van der Waals surface area (Å²) in [6.07, 6.45) is 3.62. The number of fused-ring (bicyclic) bond motifs is 1. The fourth-order valence-corrected chi connectivity index (χ4v) is 4.66. The van der Waals surface area contributed by atoms with Crippen LogP contribution >= 0.6 is 0 Å². The number of ether oxygens (including phenoxy) is 2. The Balaban J connectivity index is 1.52. The molecule has 0 spiro atoms. The molecule has 33 heavy (non-hydrogen) atoms. The average molecular weight is 480 g/mol. The summed E-state index contributed by atoms with van der Waals surface area (Å²) in [5.41, 5.74) is 0.0757. The molecule has 1 N–H and O–H groups in total. The maximum atomic E-state index is 14.6. The highest BCUT2D eigenvalue weighted by atomic mass is 32.2. The van der Waals surface area contributed by atoms with E-state index in [0.29, 0.717) is 50.2 Å². The lowest BCUT2D eigenvalue weighted by Crippen LogP contribution is -2.49. The van der Waals surface area contributed by atoms with E-state index in [2.05, 4.69) is 20.2 Å². The van der Waals surface area contributed by atoms with Gasteiger partial charge in [0, 0.05) is 25.4 Å². The summed E-state index contributed by atoms with van der Waals surface area (Å²) in [5.74, 6) is 0.577. The van der Waals surface area contributed by atoms with Crippen LogP contribution in [0, 0.1) is 5.82 Å². The molecule has 2 aliphatic heterocycles. The van der Waals surface area contributed by atoms with E-state index in [9.17, 15) is 17.6 Å². The molecule has 4 rings (SSSR count). The second-order valence-corrected chi connectivity index (χ2v) is 9.89. The van der Waals surface area contributed by atoms with Gasteiger partial charge in [0.25, 0.3) is 0 Å². The van der Waals surface area contributed by atoms with Gasteiger partial charge in [-0.25, -0.2) is 27.6 Å². The van der Waals surface area contributed by atoms with Crippen molar-refractivity contribution < 1.29 is 27.1 Å². The quantitative estimate of drug-likeness (QED) is 0.691. The first kappa shape index (κ1) is 23.0. The fraction of sp³-hybridized carbons (Fsp3) is 0.476. The lowest BCUT2D eigenvalue weighted by atomic mass is 10.0. The number of carbonyl (C=O) groups excluding carboxylic acids is 1. The molecule has 1 saturated heterocycles. The first-order chi connectivity index (χ1) is 15.8. The van der Waals surface area contributed by atoms with Gasteiger partial charge in [-0.1, -0.05) is 0 Å². The van der Waals surface area contributed by atoms with Crippen molar-refractivity contribution in [2.75, 3.05) is 49.3 Å². The second kappa shape index (κ2) is 9.38. The van der Waals surface area contributed by atoms with E-state index in [1.807, 2.05) is 0 Å². The van der Waals surface area contributed by atoms with Gasteiger partial charge in [0.05, 0.1) is 23.7 Å². The predicted molar refractivity (Wildman–Crippen MR) is 119 cm³/mol. The Bertz CT molecular complexity index is 1140. The molecule has 10 nitrogen and oxygen atoms in total. The molecule has 0 atom stereocenters. The zero-order chi connectivity index (χ0) is 23.6. The summed E-state index contributed by atoms with van der Waals surface area (Å²) in [4.78, 5) is 24.3. The van der Waals surface area contributed by atoms with Crippen LogP contribution in [0.1, 0.15) is 19.8 Å². The number of benzene rings is 1. The largest absolute Gasteiger partial charge is 0.485 e. The van der Waals surface area contributed by atoms with Crippen molar-refractivity contribution in [3.05, 3.63) is 30.3 Å². The number of nitrogens with one attached hydrogen (secondary N) is 1. The molecule has 0 unspecified atom stereocenters. The number of anilines is 3. The number of likely N-dealkylation sites (tertiary alicyclic amines) is 1. The number of nitrogens with zero attached hydrogens (tertiary/aromatic N) is 4. The molecule has 1 amide bonds. The van der Waals surface area contributed by atoms with Gasteiger partial charge in [0.2, 0.25) is 5.75 Å². The van der Waals surface area contributed by atoms with Gasteiger partial charge < -0.3 is 24.6 Å². The number of sulfone groups is 1. The standard InChI is InChI=1S/C21H26FN5O5S/c1-3-31-21(28)26-8-6-14(7-9-26)27-10-11-32-18-19(23-13-24-20(18)27)25-17-5-4-15(12-16(17)22)33(2,29)30/h4-5,12-14H,3,6-11H2,1-2H3,(H,23,24,25). The van der Waals surface area contributed by atoms with Gasteiger partial charge in [-0.3, -0.25) is 0 Å². The number of halogens is 1. The van der Waals surface area contributed by atoms with Crippen LogP contribution in [0.3, 0.4) is 0 Å². The molecule has 178 valence electrons. The van der Waals surface area contributed by atoms with Crippen molar-refractivity contribution in [1.29, 1.82) is 0 Å². The van der Waals surface area contributed by atoms with Gasteiger partial charge in [-0.2, -0.15) is 0 Å². The Hall–Kier alpha value is -3.15. The summed E-state index contributed by atoms with van der Waals surface area (Å²) in [5, 5.41) is 2.90. The molecule has 1 aromatic heterocycles. The Morgan fingerprint density at radius 3 is 2.70 bits per heavy atom. The fourth-order valence-electron chi connectivity index (χ4n) is 4.03. The predicted octanol–water partition coefficient (Wildman–Crippen LogP) is 2.58. The summed E-state index contributed by atoms with van der Waals surface area (Å²) >= 11 is 0. The molecule has 2 aliphatic rings. The SMILES string of the molecule is CCOC(=O)N1CCC(N2CCOc3c(Nc4ccc(S(C)(=O)=O)cc4F)ncnc32)CC1. The molecule has 1 aromatic carbocycles. The third kappa shape index (κ3) is 4.95. The zero-order valence-electron chi connectivity index (χ0n) is 18.5. The minimum atomic E-state index is -3.52. The van der Waals surface area contributed by atoms with Crippen molar-refractivity contribution >= 4 is 33.3 Å². The van der Waals surface area contributed by atoms with Crippen LogP contribution in [0.4, 0.5) is 26.5 Å². The third-order valence-corrected chi connectivity index (χ3v) is 6.80. The molecule has 2 aromatic rings. The summed E-state index contributed by atoms with van der Waals surface area (Å²) in [6.45, 7) is 4.34. The third-order valence-electron chi connectivity index (χ3n) is 5.69. The monoisotopic (exact) mass is 479 g/mol. The van der Waals surface area contributed by atoms with E-state index in [0.717, 1.165) is 25.2 Å². The molecule has 0 bridgehead atoms. The summed E-state index contributed by atoms with van der Waals surface area (Å²) < 4.78 is 48.8. The minimum absolute atomic E-state index is 0.0757. The molecule has 12 heteroatoms. The topological polar surface area (TPSA) is 114 Å². The highest BCUT2D eigenvalue weighted by molar-refractivity contribution is 7.90. The molecule has 0 radical (unpaired) electrons. The van der Waals surface area contributed by atoms with Crippen LogP contribution < -0.4 is 15.0 Å². The van der Waals surface area contributed by atoms with Crippen molar-refractivity contribution in [3.8, 4) is 5.75 Å². The average Bonchev–Trinajstić information content (AvgIpc) is 2.80. The van der Waals surface area contributed by atoms with E-state index in [1.165, 1.54) is 18.5 Å². The van der Waals surface area contributed by atoms with E-state index < -0.39 is 15.7 Å². The smallest absolute Gasteiger partial charge is 0.409 e. The Morgan fingerprint density at radius 2 is 2.03 bits per heavy atom. The first-order valence-electron chi connectivity index (χ1n) is 10.7. The number of carbonyl (C=O) groups is 1. The second-order valence-electron chi connectivity index (χ2n) is 7.87. The Labute approximate surface area is 191 Å². The van der Waals surface area contributed by atoms with Crippen molar-refractivity contribution in [3.63, 3.8) is 0 Å². The highest BCUT2D eigenvalue weighted by Crippen LogP contribution is 2.39. The van der Waals surface area contributed by atoms with Crippen molar-refractivity contribution in [2.45, 2.75) is 30.7 Å². The molecule has 3 heterocycles. The first-order valence-corrected chi connectivity index (χ1v) is 12.6. The lowest BCUT2D eigenvalue weighted by Gasteiger charge is -2.41. The van der Waals surface area contributed by atoms with Crippen LogP contribution in [0.2, 0.25) is 0 Å². The van der Waals surface area contributed by atoms with E-state index in [4.69, 9.17) is 9.47 Å². The Kier molecular flexibility index (Phi) is 6.54. The summed E-state index contributed by atoms with van der Waals surface area (Å²) in [6, 6.07) is 3.81. The summed E-state index contributed by atoms with van der Waals surface area (Å²) in [7, 11) is -3.52. The number of hydrogen-bond acceptors (Lipinski definition) is 9. The normalized spacial score (nSPS) is 16.7. The van der Waals surface area contributed by atoms with Crippen LogP contribution in [0.5, 0.6) is 5.75 Å². The van der Waals surface area contributed by atoms with Crippen molar-refractivity contribution in [1.82, 2.24) is 14.9 Å². The van der Waals surface area contributed by atoms with Gasteiger partial charge in [-0.15, -0.1) is 0 Å². The lowest BCUT2D eigenvalue weighted by molar-refractivity contribution is 0.0962. The van der Waals surface area contributed by atoms with E-state index in [-0.39, 0.29) is 22.7 Å². The number of rotatable bonds is 5. The molecular formula is C21H26FN5O5S. The molecule has 1 fully saturated rings. The highest BCUT2D eigenvalue weighted by Gasteiger charge is 2.33. The number of piperidine rings is 1. The van der Waals surface area contributed by atoms with E-state index >= 15 is 0 Å². The van der Waals surface area contributed by atoms with Gasteiger partial charge >= 0.3 is 6.09 Å². The zero-order valence-corrected chi connectivity index (χ0v) is 19.3. The van der Waals surface area contributed by atoms with Crippen LogP contribution in [0.15, 0.2) is 29.4 Å². The maximum absolute atomic E-state index is 14.6. The number of aromatic nitrogens is 2. The van der Waals surface area contributed by atoms with Gasteiger partial charge in [-0.05, 0) is 38.0 Å². The minimum Gasteiger partial charge on any atom is -0.485 e. The Morgan fingerprint density at radius 1 is 1.27 bits per heavy atom. The molecular weight excluding hydrogens is 453 g/mol.